The van der Waals surface area contributed by atoms with E-state index in [-0.39, 0.29) is 30.5 Å². The van der Waals surface area contributed by atoms with Gasteiger partial charge in [-0.05, 0) is 25.7 Å². The molecule has 1 rings (SSSR count). The summed E-state index contributed by atoms with van der Waals surface area (Å²) in [5.74, 6) is 4.41. The number of carboxylic acid groups (broad SMARTS) is 1. The second-order valence-corrected chi connectivity index (χ2v) is 7.02. The van der Waals surface area contributed by atoms with Gasteiger partial charge in [0.1, 0.15) is 11.9 Å². The van der Waals surface area contributed by atoms with Gasteiger partial charge in [-0.2, -0.15) is 0 Å². The van der Waals surface area contributed by atoms with Gasteiger partial charge >= 0.3 is 5.97 Å². The van der Waals surface area contributed by atoms with E-state index in [0.29, 0.717) is 19.3 Å². The van der Waals surface area contributed by atoms with Crippen LogP contribution in [-0.2, 0) is 9.59 Å². The van der Waals surface area contributed by atoms with Crippen LogP contribution in [0, 0.1) is 23.7 Å². The van der Waals surface area contributed by atoms with E-state index in [2.05, 4.69) is 18.8 Å². The minimum atomic E-state index is -0.776. The number of carbonyl (C=O) groups is 2. The molecule has 0 aromatic rings. The number of carboxylic acids is 1. The van der Waals surface area contributed by atoms with Crippen LogP contribution in [-0.4, -0.2) is 39.3 Å². The molecule has 5 nitrogen and oxygen atoms in total. The Morgan fingerprint density at radius 3 is 2.60 bits per heavy atom. The summed E-state index contributed by atoms with van der Waals surface area (Å²) in [5, 5.41) is 28.6. The highest BCUT2D eigenvalue weighted by Crippen LogP contribution is 2.33. The molecular weight excluding hydrogens is 320 g/mol. The average Bonchev–Trinajstić information content (AvgIpc) is 2.82. The van der Waals surface area contributed by atoms with E-state index in [0.717, 1.165) is 38.5 Å². The maximum Gasteiger partial charge on any atom is 0.303 e. The first-order valence-corrected chi connectivity index (χ1v) is 9.57. The highest BCUT2D eigenvalue weighted by atomic mass is 16.4. The molecule has 142 valence electrons. The molecule has 1 aliphatic rings. The van der Waals surface area contributed by atoms with Crippen molar-refractivity contribution in [3.05, 3.63) is 0 Å². The molecule has 0 unspecified atom stereocenters. The monoisotopic (exact) mass is 352 g/mol. The summed E-state index contributed by atoms with van der Waals surface area (Å²) in [6.07, 6.45) is 6.50. The van der Waals surface area contributed by atoms with Gasteiger partial charge in [0.2, 0.25) is 0 Å². The number of hydrogen-bond acceptors (Lipinski definition) is 4. The normalized spacial score (nSPS) is 24.0. The lowest BCUT2D eigenvalue weighted by Gasteiger charge is -2.15. The summed E-state index contributed by atoms with van der Waals surface area (Å²) in [4.78, 5) is 22.6. The van der Waals surface area contributed by atoms with E-state index >= 15 is 0 Å². The van der Waals surface area contributed by atoms with Crippen LogP contribution in [0.1, 0.15) is 77.6 Å². The molecule has 0 spiro atoms. The number of unbranched alkanes of at least 4 members (excludes halogenated alkanes) is 5. The molecule has 5 heteroatoms. The first kappa shape index (κ1) is 21.7. The molecule has 0 radical (unpaired) electrons. The third kappa shape index (κ3) is 8.51. The minimum absolute atomic E-state index is 0.0535. The Morgan fingerprint density at radius 2 is 1.92 bits per heavy atom. The van der Waals surface area contributed by atoms with E-state index in [1.807, 2.05) is 0 Å². The zero-order valence-electron chi connectivity index (χ0n) is 15.2. The molecule has 0 saturated heterocycles. The Bertz CT molecular complexity index is 476. The first-order chi connectivity index (χ1) is 12.0. The molecule has 0 bridgehead atoms. The van der Waals surface area contributed by atoms with Crippen molar-refractivity contribution in [2.24, 2.45) is 11.8 Å². The van der Waals surface area contributed by atoms with Crippen molar-refractivity contribution in [3.8, 4) is 11.8 Å². The smallest absolute Gasteiger partial charge is 0.303 e. The minimum Gasteiger partial charge on any atom is -0.481 e. The fourth-order valence-electron chi connectivity index (χ4n) is 3.34. The molecule has 4 atom stereocenters. The number of rotatable bonds is 11. The Hall–Kier alpha value is -1.38. The van der Waals surface area contributed by atoms with Gasteiger partial charge in [-0.25, -0.2) is 0 Å². The molecule has 0 heterocycles. The molecule has 25 heavy (non-hydrogen) atoms. The topological polar surface area (TPSA) is 94.8 Å². The van der Waals surface area contributed by atoms with Crippen LogP contribution in [0.25, 0.3) is 0 Å². The highest BCUT2D eigenvalue weighted by Gasteiger charge is 2.40. The third-order valence-corrected chi connectivity index (χ3v) is 4.83. The summed E-state index contributed by atoms with van der Waals surface area (Å²) in [6, 6.07) is 0. The van der Waals surface area contributed by atoms with Crippen LogP contribution in [0.3, 0.4) is 0 Å². The zero-order chi connectivity index (χ0) is 18.7. The maximum atomic E-state index is 12.1. The van der Waals surface area contributed by atoms with Crippen molar-refractivity contribution in [2.45, 2.75) is 89.8 Å². The zero-order valence-corrected chi connectivity index (χ0v) is 15.2. The Balaban J connectivity index is 2.42. The molecule has 1 fully saturated rings. The summed E-state index contributed by atoms with van der Waals surface area (Å²) in [6.45, 7) is 2.10. The van der Waals surface area contributed by atoms with Crippen LogP contribution in [0.4, 0.5) is 0 Å². The van der Waals surface area contributed by atoms with Crippen LogP contribution in [0.2, 0.25) is 0 Å². The SMILES string of the molecule is CCCCC[C@@H](O)C#C[C@H]1[C@H](O)CC(=O)[C@@H]1CCCCCCC(=O)O. The van der Waals surface area contributed by atoms with Crippen molar-refractivity contribution >= 4 is 11.8 Å². The molecular formula is C20H32O5. The standard InChI is InChI=1S/C20H32O5/c1-2-3-6-9-15(21)12-13-17-16(18(22)14-19(17)23)10-7-4-5-8-11-20(24)25/h15-17,19,21,23H,2-11,14H2,1H3,(H,24,25)/t15-,16-,17-,19-/m1/s1. The number of aliphatic carboxylic acids is 1. The molecule has 0 aliphatic heterocycles. The van der Waals surface area contributed by atoms with Gasteiger partial charge in [-0.15, -0.1) is 0 Å². The third-order valence-electron chi connectivity index (χ3n) is 4.83. The van der Waals surface area contributed by atoms with Crippen LogP contribution >= 0.6 is 0 Å². The number of Topliss-reactive ketones (excluding diaryl/α,β-unsaturated/α-hetero) is 1. The number of aliphatic hydroxyl groups is 2. The number of aliphatic hydroxyl groups excluding tert-OH is 2. The van der Waals surface area contributed by atoms with E-state index in [1.165, 1.54) is 0 Å². The lowest BCUT2D eigenvalue weighted by molar-refractivity contribution is -0.137. The summed E-state index contributed by atoms with van der Waals surface area (Å²) >= 11 is 0. The van der Waals surface area contributed by atoms with Crippen LogP contribution in [0.5, 0.6) is 0 Å². The van der Waals surface area contributed by atoms with Gasteiger partial charge in [0.25, 0.3) is 0 Å². The van der Waals surface area contributed by atoms with Gasteiger partial charge in [0.05, 0.1) is 12.0 Å². The fraction of sp³-hybridized carbons (Fsp3) is 0.800. The van der Waals surface area contributed by atoms with Crippen molar-refractivity contribution in [1.82, 2.24) is 0 Å². The lowest BCUT2D eigenvalue weighted by atomic mass is 9.89. The summed E-state index contributed by atoms with van der Waals surface area (Å²) in [7, 11) is 0. The Labute approximate surface area is 150 Å². The van der Waals surface area contributed by atoms with Gasteiger partial charge < -0.3 is 15.3 Å². The molecule has 1 saturated carbocycles. The Kier molecular flexibility index (Phi) is 10.4. The molecule has 0 aromatic carbocycles. The predicted octanol–water partition coefficient (Wildman–Crippen LogP) is 2.92. The second kappa shape index (κ2) is 12.1. The van der Waals surface area contributed by atoms with E-state index in [1.54, 1.807) is 0 Å². The van der Waals surface area contributed by atoms with Gasteiger partial charge in [0, 0.05) is 18.8 Å². The van der Waals surface area contributed by atoms with Crippen molar-refractivity contribution < 1.29 is 24.9 Å². The average molecular weight is 352 g/mol. The number of hydrogen-bond donors (Lipinski definition) is 3. The summed E-state index contributed by atoms with van der Waals surface area (Å²) < 4.78 is 0. The Morgan fingerprint density at radius 1 is 1.20 bits per heavy atom. The quantitative estimate of drug-likeness (QED) is 0.392. The van der Waals surface area contributed by atoms with Gasteiger partial charge in [0.15, 0.2) is 0 Å². The maximum absolute atomic E-state index is 12.1. The number of ketones is 1. The van der Waals surface area contributed by atoms with Gasteiger partial charge in [-0.1, -0.05) is 50.9 Å². The van der Waals surface area contributed by atoms with Crippen molar-refractivity contribution in [1.29, 1.82) is 0 Å². The summed E-state index contributed by atoms with van der Waals surface area (Å²) in [5.41, 5.74) is 0. The first-order valence-electron chi connectivity index (χ1n) is 9.57. The van der Waals surface area contributed by atoms with Crippen molar-refractivity contribution in [3.63, 3.8) is 0 Å². The molecule has 3 N–H and O–H groups in total. The lowest BCUT2D eigenvalue weighted by Crippen LogP contribution is -2.19. The van der Waals surface area contributed by atoms with Crippen LogP contribution < -0.4 is 0 Å². The van der Waals surface area contributed by atoms with E-state index in [9.17, 15) is 19.8 Å². The van der Waals surface area contributed by atoms with Crippen molar-refractivity contribution in [2.75, 3.05) is 0 Å². The van der Waals surface area contributed by atoms with E-state index < -0.39 is 18.2 Å². The molecule has 0 aromatic heterocycles. The fourth-order valence-corrected chi connectivity index (χ4v) is 3.34. The largest absolute Gasteiger partial charge is 0.481 e. The second-order valence-electron chi connectivity index (χ2n) is 7.02. The van der Waals surface area contributed by atoms with Crippen LogP contribution in [0.15, 0.2) is 0 Å². The van der Waals surface area contributed by atoms with Gasteiger partial charge in [-0.3, -0.25) is 9.59 Å². The highest BCUT2D eigenvalue weighted by molar-refractivity contribution is 5.84. The molecule has 1 aliphatic carbocycles. The number of carbonyl (C=O) groups excluding carboxylic acids is 1. The van der Waals surface area contributed by atoms with E-state index in [4.69, 9.17) is 5.11 Å². The predicted molar refractivity (Wildman–Crippen MR) is 95.9 cm³/mol. The molecule has 0 amide bonds.